The molecule has 106 valence electrons. The zero-order valence-electron chi connectivity index (χ0n) is 11.8. The second-order valence-electron chi connectivity index (χ2n) is 6.08. The monoisotopic (exact) mass is 288 g/mol. The summed E-state index contributed by atoms with van der Waals surface area (Å²) in [5.74, 6) is 0. The van der Waals surface area contributed by atoms with Crippen molar-refractivity contribution in [2.45, 2.75) is 44.7 Å². The number of pyridine rings is 1. The van der Waals surface area contributed by atoms with Crippen molar-refractivity contribution in [3.05, 3.63) is 22.6 Å². The number of hydrogen-bond donors (Lipinski definition) is 1. The maximum Gasteiger partial charge on any atom is 0.179 e. The van der Waals surface area contributed by atoms with Crippen LogP contribution in [0.4, 0.5) is 0 Å². The summed E-state index contributed by atoms with van der Waals surface area (Å²) < 4.78 is 3.11. The van der Waals surface area contributed by atoms with E-state index in [-0.39, 0.29) is 0 Å². The summed E-state index contributed by atoms with van der Waals surface area (Å²) >= 11 is 5.58. The molecule has 2 fully saturated rings. The molecule has 0 aliphatic carbocycles. The summed E-state index contributed by atoms with van der Waals surface area (Å²) in [7, 11) is 0. The molecule has 2 aromatic heterocycles. The van der Waals surface area contributed by atoms with Gasteiger partial charge in [-0.2, -0.15) is 0 Å². The number of H-pyrrole nitrogens is 1. The predicted molar refractivity (Wildman–Crippen MR) is 82.5 cm³/mol. The van der Waals surface area contributed by atoms with Crippen molar-refractivity contribution in [2.75, 3.05) is 13.1 Å². The van der Waals surface area contributed by atoms with Gasteiger partial charge in [-0.3, -0.25) is 9.47 Å². The van der Waals surface area contributed by atoms with Crippen LogP contribution < -0.4 is 0 Å². The van der Waals surface area contributed by atoms with E-state index in [2.05, 4.69) is 20.5 Å². The highest BCUT2D eigenvalue weighted by Crippen LogP contribution is 2.36. The van der Waals surface area contributed by atoms with Crippen LogP contribution in [0.3, 0.4) is 0 Å². The van der Waals surface area contributed by atoms with Crippen molar-refractivity contribution in [1.29, 1.82) is 0 Å². The lowest BCUT2D eigenvalue weighted by atomic mass is 9.99. The number of imidazole rings is 1. The second-order valence-corrected chi connectivity index (χ2v) is 6.47. The Kier molecular flexibility index (Phi) is 2.93. The summed E-state index contributed by atoms with van der Waals surface area (Å²) in [6, 6.07) is 5.28. The van der Waals surface area contributed by atoms with E-state index < -0.39 is 0 Å². The highest BCUT2D eigenvalue weighted by molar-refractivity contribution is 7.71. The molecule has 2 aromatic rings. The molecule has 0 amide bonds. The molecule has 5 heteroatoms. The van der Waals surface area contributed by atoms with Crippen molar-refractivity contribution < 1.29 is 0 Å². The topological polar surface area (TPSA) is 36.9 Å². The van der Waals surface area contributed by atoms with Crippen LogP contribution in [0.5, 0.6) is 0 Å². The van der Waals surface area contributed by atoms with Gasteiger partial charge < -0.3 is 4.98 Å². The van der Waals surface area contributed by atoms with Gasteiger partial charge in [0.15, 0.2) is 10.4 Å². The van der Waals surface area contributed by atoms with E-state index in [9.17, 15) is 0 Å². The Morgan fingerprint density at radius 3 is 3.00 bits per heavy atom. The van der Waals surface area contributed by atoms with Gasteiger partial charge in [-0.05, 0) is 57.1 Å². The van der Waals surface area contributed by atoms with Crippen LogP contribution in [-0.4, -0.2) is 38.6 Å². The quantitative estimate of drug-likeness (QED) is 0.819. The number of rotatable bonds is 1. The molecule has 2 atom stereocenters. The number of aromatic nitrogens is 3. The molecule has 2 saturated heterocycles. The largest absolute Gasteiger partial charge is 0.329 e. The Bertz CT molecular complexity index is 701. The summed E-state index contributed by atoms with van der Waals surface area (Å²) in [4.78, 5) is 10.7. The Labute approximate surface area is 123 Å². The van der Waals surface area contributed by atoms with Gasteiger partial charge in [0.2, 0.25) is 0 Å². The number of fused-ring (bicyclic) bond motifs is 2. The van der Waals surface area contributed by atoms with Crippen LogP contribution >= 0.6 is 12.2 Å². The first kappa shape index (κ1) is 12.5. The molecule has 2 unspecified atom stereocenters. The minimum absolute atomic E-state index is 0.492. The molecule has 0 bridgehead atoms. The van der Waals surface area contributed by atoms with E-state index in [1.54, 1.807) is 0 Å². The fourth-order valence-electron chi connectivity index (χ4n) is 3.93. The first-order valence-corrected chi connectivity index (χ1v) is 7.97. The summed E-state index contributed by atoms with van der Waals surface area (Å²) in [5, 5.41) is 0. The van der Waals surface area contributed by atoms with Gasteiger partial charge >= 0.3 is 0 Å². The van der Waals surface area contributed by atoms with Crippen molar-refractivity contribution in [3.8, 4) is 0 Å². The third-order valence-corrected chi connectivity index (χ3v) is 5.15. The Morgan fingerprint density at radius 2 is 2.10 bits per heavy atom. The lowest BCUT2D eigenvalue weighted by Crippen LogP contribution is -2.37. The van der Waals surface area contributed by atoms with Gasteiger partial charge in [-0.15, -0.1) is 0 Å². The standard InChI is InChI=1S/C15H20N4S/c1-10-5-6-11-14(16-10)19(15(20)17-11)13-7-9-18-8-3-2-4-12(13)18/h5-6,12-13H,2-4,7-9H2,1H3,(H,17,20). The molecule has 4 rings (SSSR count). The summed E-state index contributed by atoms with van der Waals surface area (Å²) in [6.07, 6.45) is 5.19. The molecule has 0 spiro atoms. The molecular formula is C15H20N4S. The van der Waals surface area contributed by atoms with Gasteiger partial charge in [-0.1, -0.05) is 6.42 Å². The number of piperidine rings is 1. The molecular weight excluding hydrogens is 268 g/mol. The second kappa shape index (κ2) is 4.67. The van der Waals surface area contributed by atoms with E-state index in [0.29, 0.717) is 12.1 Å². The van der Waals surface area contributed by atoms with Gasteiger partial charge in [-0.25, -0.2) is 4.98 Å². The molecule has 2 aliphatic rings. The zero-order chi connectivity index (χ0) is 13.7. The van der Waals surface area contributed by atoms with Crippen LogP contribution in [0.15, 0.2) is 12.1 Å². The van der Waals surface area contributed by atoms with E-state index in [4.69, 9.17) is 17.2 Å². The third-order valence-electron chi connectivity index (χ3n) is 4.86. The molecule has 0 saturated carbocycles. The highest BCUT2D eigenvalue weighted by atomic mass is 32.1. The third kappa shape index (κ3) is 1.84. The van der Waals surface area contributed by atoms with Crippen molar-refractivity contribution in [2.24, 2.45) is 0 Å². The molecule has 4 nitrogen and oxygen atoms in total. The van der Waals surface area contributed by atoms with Crippen LogP contribution in [0.2, 0.25) is 0 Å². The molecule has 0 radical (unpaired) electrons. The maximum atomic E-state index is 5.58. The van der Waals surface area contributed by atoms with Gasteiger partial charge in [0.1, 0.15) is 0 Å². The van der Waals surface area contributed by atoms with E-state index >= 15 is 0 Å². The molecule has 0 aromatic carbocycles. The fourth-order valence-corrected chi connectivity index (χ4v) is 4.26. The summed E-state index contributed by atoms with van der Waals surface area (Å²) in [5.41, 5.74) is 3.15. The normalized spacial score (nSPS) is 27.1. The molecule has 2 aliphatic heterocycles. The van der Waals surface area contributed by atoms with Gasteiger partial charge in [0.05, 0.1) is 11.6 Å². The van der Waals surface area contributed by atoms with E-state index in [1.165, 1.54) is 38.8 Å². The SMILES string of the molecule is Cc1ccc2[nH]c(=S)n(C3CCN4CCCCC34)c2n1. The Morgan fingerprint density at radius 1 is 1.20 bits per heavy atom. The Balaban J connectivity index is 1.83. The van der Waals surface area contributed by atoms with E-state index in [1.807, 2.05) is 13.0 Å². The zero-order valence-corrected chi connectivity index (χ0v) is 12.6. The number of aryl methyl sites for hydroxylation is 1. The molecule has 1 N–H and O–H groups in total. The molecule has 20 heavy (non-hydrogen) atoms. The van der Waals surface area contributed by atoms with Crippen molar-refractivity contribution >= 4 is 23.4 Å². The average molecular weight is 288 g/mol. The smallest absolute Gasteiger partial charge is 0.179 e. The van der Waals surface area contributed by atoms with Gasteiger partial charge in [0, 0.05) is 18.3 Å². The van der Waals surface area contributed by atoms with Crippen LogP contribution in [0.1, 0.15) is 37.4 Å². The van der Waals surface area contributed by atoms with Crippen molar-refractivity contribution in [3.63, 3.8) is 0 Å². The minimum Gasteiger partial charge on any atom is -0.329 e. The molecule has 4 heterocycles. The Hall–Kier alpha value is -1.20. The summed E-state index contributed by atoms with van der Waals surface area (Å²) in [6.45, 7) is 4.50. The first-order chi connectivity index (χ1) is 9.74. The first-order valence-electron chi connectivity index (χ1n) is 7.56. The fraction of sp³-hybridized carbons (Fsp3) is 0.600. The lowest BCUT2D eigenvalue weighted by molar-refractivity contribution is 0.174. The average Bonchev–Trinajstić information content (AvgIpc) is 2.99. The van der Waals surface area contributed by atoms with E-state index in [0.717, 1.165) is 21.6 Å². The maximum absolute atomic E-state index is 5.58. The highest BCUT2D eigenvalue weighted by Gasteiger charge is 2.37. The van der Waals surface area contributed by atoms with Crippen LogP contribution in [-0.2, 0) is 0 Å². The van der Waals surface area contributed by atoms with Crippen molar-refractivity contribution in [1.82, 2.24) is 19.4 Å². The minimum atomic E-state index is 0.492. The van der Waals surface area contributed by atoms with Crippen LogP contribution in [0, 0.1) is 11.7 Å². The number of aromatic amines is 1. The number of hydrogen-bond acceptors (Lipinski definition) is 3. The lowest BCUT2D eigenvalue weighted by Gasteiger charge is -2.32. The number of nitrogens with one attached hydrogen (secondary N) is 1. The number of nitrogens with zero attached hydrogens (tertiary/aromatic N) is 3. The predicted octanol–water partition coefficient (Wildman–Crippen LogP) is 3.20. The van der Waals surface area contributed by atoms with Crippen LogP contribution in [0.25, 0.3) is 11.2 Å². The van der Waals surface area contributed by atoms with Gasteiger partial charge in [0.25, 0.3) is 0 Å².